The fraction of sp³-hybridized carbons (Fsp3) is 0.136. The number of hydrogen-bond donors (Lipinski definition) is 2. The van der Waals surface area contributed by atoms with Gasteiger partial charge in [-0.25, -0.2) is 4.98 Å². The molecule has 1 aliphatic carbocycles. The minimum absolute atomic E-state index is 0.0805. The second kappa shape index (κ2) is 9.80. The Morgan fingerprint density at radius 3 is 2.29 bits per heavy atom. The van der Waals surface area contributed by atoms with Gasteiger partial charge in [0.05, 0.1) is 32.9 Å². The number of rotatable bonds is 5. The van der Waals surface area contributed by atoms with Crippen molar-refractivity contribution >= 4 is 97.1 Å². The standard InChI is InChI=1S/C22H12BrCl5FN3O2/c23-15-7-13(8-30-19(15)29)32-20(33)14-6-12(1-2-16(14)26)31-21(34)18-17(22(18,27)28)9-3-10(24)5-11(25)4-9/h1-8,17-18H,(H,31,34)(H,32,33)/t17-,18+/m1/s1. The van der Waals surface area contributed by atoms with E-state index < -0.39 is 33.9 Å². The third-order valence-corrected chi connectivity index (χ3v) is 7.38. The van der Waals surface area contributed by atoms with Crippen LogP contribution >= 0.6 is 73.9 Å². The maximum Gasteiger partial charge on any atom is 0.257 e. The fourth-order valence-electron chi connectivity index (χ4n) is 3.51. The summed E-state index contributed by atoms with van der Waals surface area (Å²) in [5.74, 6) is -3.05. The monoisotopic (exact) mass is 623 g/mol. The molecule has 0 spiro atoms. The van der Waals surface area contributed by atoms with Crippen LogP contribution in [0.25, 0.3) is 0 Å². The number of anilines is 2. The van der Waals surface area contributed by atoms with Crippen LogP contribution in [-0.2, 0) is 4.79 Å². The molecule has 3 aromatic rings. The number of aromatic nitrogens is 1. The van der Waals surface area contributed by atoms with E-state index in [1.807, 2.05) is 0 Å². The molecule has 0 radical (unpaired) electrons. The van der Waals surface area contributed by atoms with Crippen molar-refractivity contribution in [2.75, 3.05) is 10.6 Å². The van der Waals surface area contributed by atoms with Crippen molar-refractivity contribution in [1.29, 1.82) is 0 Å². The summed E-state index contributed by atoms with van der Waals surface area (Å²) in [5, 5.41) is 6.22. The molecular formula is C22H12BrCl5FN3O2. The van der Waals surface area contributed by atoms with Gasteiger partial charge in [-0.05, 0) is 64.0 Å². The Bertz CT molecular complexity index is 1300. The Kier molecular flexibility index (Phi) is 7.34. The smallest absolute Gasteiger partial charge is 0.257 e. The first kappa shape index (κ1) is 25.5. The predicted octanol–water partition coefficient (Wildman–Crippen LogP) is 7.72. The highest BCUT2D eigenvalue weighted by Gasteiger charge is 2.67. The summed E-state index contributed by atoms with van der Waals surface area (Å²) in [6, 6.07) is 10.6. The summed E-state index contributed by atoms with van der Waals surface area (Å²) in [7, 11) is 0. The van der Waals surface area contributed by atoms with Gasteiger partial charge in [0.25, 0.3) is 5.91 Å². The first-order chi connectivity index (χ1) is 16.0. The van der Waals surface area contributed by atoms with E-state index in [-0.39, 0.29) is 20.7 Å². The molecule has 34 heavy (non-hydrogen) atoms. The lowest BCUT2D eigenvalue weighted by atomic mass is 10.1. The predicted molar refractivity (Wildman–Crippen MR) is 137 cm³/mol. The molecule has 176 valence electrons. The minimum atomic E-state index is -1.35. The van der Waals surface area contributed by atoms with Gasteiger partial charge in [0, 0.05) is 21.7 Å². The molecule has 2 amide bonds. The van der Waals surface area contributed by atoms with Gasteiger partial charge in [-0.15, -0.1) is 23.2 Å². The van der Waals surface area contributed by atoms with Crippen LogP contribution in [0.3, 0.4) is 0 Å². The van der Waals surface area contributed by atoms with Crippen LogP contribution in [0.4, 0.5) is 15.8 Å². The van der Waals surface area contributed by atoms with Crippen molar-refractivity contribution in [1.82, 2.24) is 4.98 Å². The molecule has 0 unspecified atom stereocenters. The summed E-state index contributed by atoms with van der Waals surface area (Å²) in [6.07, 6.45) is 1.16. The Morgan fingerprint density at radius 1 is 0.971 bits per heavy atom. The Labute approximate surface area is 227 Å². The largest absolute Gasteiger partial charge is 0.326 e. The van der Waals surface area contributed by atoms with Crippen LogP contribution in [0, 0.1) is 11.9 Å². The number of benzene rings is 2. The maximum absolute atomic E-state index is 13.3. The molecule has 5 nitrogen and oxygen atoms in total. The molecule has 1 fully saturated rings. The molecule has 4 rings (SSSR count). The first-order valence-electron chi connectivity index (χ1n) is 9.54. The third-order valence-electron chi connectivity index (χ3n) is 5.11. The summed E-state index contributed by atoms with van der Waals surface area (Å²) >= 11 is 34.1. The van der Waals surface area contributed by atoms with E-state index in [0.29, 0.717) is 21.3 Å². The molecule has 2 atom stereocenters. The molecule has 0 bridgehead atoms. The van der Waals surface area contributed by atoms with Gasteiger partial charge in [-0.1, -0.05) is 34.8 Å². The molecule has 2 aromatic carbocycles. The van der Waals surface area contributed by atoms with Crippen molar-refractivity contribution in [2.45, 2.75) is 10.3 Å². The van der Waals surface area contributed by atoms with Gasteiger partial charge in [-0.3, -0.25) is 9.59 Å². The third kappa shape index (κ3) is 5.30. The lowest BCUT2D eigenvalue weighted by molar-refractivity contribution is -0.117. The second-order valence-electron chi connectivity index (χ2n) is 7.47. The highest BCUT2D eigenvalue weighted by molar-refractivity contribution is 9.10. The van der Waals surface area contributed by atoms with E-state index in [0.717, 1.165) is 6.20 Å². The average Bonchev–Trinajstić information content (AvgIpc) is 3.33. The van der Waals surface area contributed by atoms with Crippen molar-refractivity contribution in [3.8, 4) is 0 Å². The van der Waals surface area contributed by atoms with Crippen LogP contribution in [0.1, 0.15) is 21.8 Å². The molecular weight excluding hydrogens is 614 g/mol. The van der Waals surface area contributed by atoms with Crippen LogP contribution in [0.2, 0.25) is 15.1 Å². The zero-order chi connectivity index (χ0) is 24.8. The quantitative estimate of drug-likeness (QED) is 0.225. The van der Waals surface area contributed by atoms with E-state index >= 15 is 0 Å². The van der Waals surface area contributed by atoms with Crippen LogP contribution in [0.15, 0.2) is 53.1 Å². The number of carbonyl (C=O) groups is 2. The van der Waals surface area contributed by atoms with Crippen LogP contribution < -0.4 is 10.6 Å². The van der Waals surface area contributed by atoms with Gasteiger partial charge < -0.3 is 10.6 Å². The fourth-order valence-corrected chi connectivity index (χ4v) is 5.43. The maximum atomic E-state index is 13.3. The lowest BCUT2D eigenvalue weighted by Gasteiger charge is -2.10. The number of nitrogens with zero attached hydrogens (tertiary/aromatic N) is 1. The van der Waals surface area contributed by atoms with E-state index in [1.165, 1.54) is 24.3 Å². The van der Waals surface area contributed by atoms with Gasteiger partial charge in [-0.2, -0.15) is 4.39 Å². The number of hydrogen-bond acceptors (Lipinski definition) is 3. The highest BCUT2D eigenvalue weighted by Crippen LogP contribution is 2.65. The van der Waals surface area contributed by atoms with Gasteiger partial charge >= 0.3 is 0 Å². The van der Waals surface area contributed by atoms with Crippen molar-refractivity contribution in [2.24, 2.45) is 5.92 Å². The summed E-state index contributed by atoms with van der Waals surface area (Å²) in [4.78, 5) is 29.2. The van der Waals surface area contributed by atoms with Crippen molar-refractivity contribution in [3.63, 3.8) is 0 Å². The normalized spacial score (nSPS) is 18.3. The molecule has 1 aromatic heterocycles. The minimum Gasteiger partial charge on any atom is -0.326 e. The number of nitrogens with one attached hydrogen (secondary N) is 2. The van der Waals surface area contributed by atoms with Gasteiger partial charge in [0.1, 0.15) is 4.33 Å². The molecule has 1 heterocycles. The van der Waals surface area contributed by atoms with Crippen LogP contribution in [0.5, 0.6) is 0 Å². The topological polar surface area (TPSA) is 71.1 Å². The molecule has 1 aliphatic rings. The number of pyridine rings is 1. The molecule has 0 aliphatic heterocycles. The summed E-state index contributed by atoms with van der Waals surface area (Å²) in [6.45, 7) is 0. The molecule has 1 saturated carbocycles. The highest BCUT2D eigenvalue weighted by atomic mass is 79.9. The van der Waals surface area contributed by atoms with E-state index in [2.05, 4.69) is 31.5 Å². The first-order valence-corrected chi connectivity index (χ1v) is 12.2. The SMILES string of the molecule is O=C(Nc1cnc(F)c(Br)c1)c1cc(NC(=O)[C@@H]2[C@@H](c3cc(Cl)cc(Cl)c3)C2(Cl)Cl)ccc1Cl. The zero-order valence-electron chi connectivity index (χ0n) is 16.7. The van der Waals surface area contributed by atoms with E-state index in [1.54, 1.807) is 18.2 Å². The number of alkyl halides is 2. The average molecular weight is 627 g/mol. The van der Waals surface area contributed by atoms with E-state index in [9.17, 15) is 14.0 Å². The van der Waals surface area contributed by atoms with E-state index in [4.69, 9.17) is 58.0 Å². The van der Waals surface area contributed by atoms with Crippen LogP contribution in [-0.4, -0.2) is 21.1 Å². The Hall–Kier alpha value is -1.61. The number of halogens is 7. The molecule has 0 saturated heterocycles. The summed E-state index contributed by atoms with van der Waals surface area (Å²) < 4.78 is 12.1. The molecule has 12 heteroatoms. The Morgan fingerprint density at radius 2 is 1.65 bits per heavy atom. The Balaban J connectivity index is 1.51. The molecule has 2 N–H and O–H groups in total. The second-order valence-corrected chi connectivity index (χ2v) is 11.0. The number of amides is 2. The zero-order valence-corrected chi connectivity index (χ0v) is 22.0. The summed E-state index contributed by atoms with van der Waals surface area (Å²) in [5.41, 5.74) is 1.27. The number of carbonyl (C=O) groups excluding carboxylic acids is 2. The van der Waals surface area contributed by atoms with Gasteiger partial charge in [0.15, 0.2) is 0 Å². The van der Waals surface area contributed by atoms with Crippen molar-refractivity contribution < 1.29 is 14.0 Å². The van der Waals surface area contributed by atoms with Crippen molar-refractivity contribution in [3.05, 3.63) is 85.3 Å². The van der Waals surface area contributed by atoms with Gasteiger partial charge in [0.2, 0.25) is 11.9 Å². The lowest BCUT2D eigenvalue weighted by Crippen LogP contribution is -2.18.